The van der Waals surface area contributed by atoms with Crippen LogP contribution in [0.1, 0.15) is 20.8 Å². The molecule has 5 heteroatoms. The van der Waals surface area contributed by atoms with Crippen LogP contribution in [0.2, 0.25) is 0 Å². The quantitative estimate of drug-likeness (QED) is 0.773. The fourth-order valence-corrected chi connectivity index (χ4v) is 0.940. The molecule has 2 nitrogen and oxygen atoms in total. The van der Waals surface area contributed by atoms with E-state index in [9.17, 15) is 18.3 Å². The summed E-state index contributed by atoms with van der Waals surface area (Å²) in [5, 5.41) is 9.54. The number of aliphatic hydroxyl groups excluding tert-OH is 1. The molecule has 0 saturated carbocycles. The minimum absolute atomic E-state index is 0.0308. The Morgan fingerprint density at radius 2 is 1.64 bits per heavy atom. The molecule has 86 valence electrons. The highest BCUT2D eigenvalue weighted by Crippen LogP contribution is 2.21. The highest BCUT2D eigenvalue weighted by atomic mass is 19.4. The van der Waals surface area contributed by atoms with Gasteiger partial charge in [-0.05, 0) is 12.5 Å². The first-order valence-electron chi connectivity index (χ1n) is 4.46. The van der Waals surface area contributed by atoms with Crippen LogP contribution in [0, 0.1) is 5.41 Å². The van der Waals surface area contributed by atoms with Crippen LogP contribution in [-0.2, 0) is 0 Å². The van der Waals surface area contributed by atoms with E-state index < -0.39 is 18.8 Å². The summed E-state index contributed by atoms with van der Waals surface area (Å²) in [5.41, 5.74) is -0.389. The van der Waals surface area contributed by atoms with Gasteiger partial charge in [-0.25, -0.2) is 0 Å². The Morgan fingerprint density at radius 3 is 1.93 bits per heavy atom. The highest BCUT2D eigenvalue weighted by molar-refractivity contribution is 4.76. The molecule has 1 unspecified atom stereocenters. The molecule has 0 aliphatic rings. The van der Waals surface area contributed by atoms with Crippen LogP contribution in [0.15, 0.2) is 0 Å². The topological polar surface area (TPSA) is 23.5 Å². The number of rotatable bonds is 3. The first kappa shape index (κ1) is 13.7. The monoisotopic (exact) mass is 213 g/mol. The van der Waals surface area contributed by atoms with Crippen LogP contribution in [0.5, 0.6) is 0 Å². The number of likely N-dealkylation sites (N-methyl/N-ethyl adjacent to an activating group) is 1. The predicted octanol–water partition coefficient (Wildman–Crippen LogP) is 1.89. The zero-order chi connectivity index (χ0) is 11.6. The van der Waals surface area contributed by atoms with Crippen LogP contribution in [0.3, 0.4) is 0 Å². The van der Waals surface area contributed by atoms with Gasteiger partial charge in [-0.1, -0.05) is 20.8 Å². The molecule has 0 rings (SSSR count). The lowest BCUT2D eigenvalue weighted by Gasteiger charge is -2.30. The normalized spacial score (nSPS) is 16.1. The smallest absolute Gasteiger partial charge is 0.391 e. The van der Waals surface area contributed by atoms with Gasteiger partial charge in [-0.2, -0.15) is 13.2 Å². The number of nitrogens with zero attached hydrogens (tertiary/aromatic N) is 1. The van der Waals surface area contributed by atoms with Crippen LogP contribution in [-0.4, -0.2) is 42.4 Å². The van der Waals surface area contributed by atoms with Crippen molar-refractivity contribution in [2.75, 3.05) is 20.1 Å². The zero-order valence-corrected chi connectivity index (χ0v) is 9.02. The highest BCUT2D eigenvalue weighted by Gasteiger charge is 2.31. The number of hydrogen-bond acceptors (Lipinski definition) is 2. The van der Waals surface area contributed by atoms with Gasteiger partial charge in [0.25, 0.3) is 0 Å². The van der Waals surface area contributed by atoms with E-state index in [1.807, 2.05) is 0 Å². The lowest BCUT2D eigenvalue weighted by molar-refractivity contribution is -0.147. The lowest BCUT2D eigenvalue weighted by atomic mass is 9.89. The summed E-state index contributed by atoms with van der Waals surface area (Å²) >= 11 is 0. The van der Waals surface area contributed by atoms with E-state index in [4.69, 9.17) is 0 Å². The summed E-state index contributed by atoms with van der Waals surface area (Å²) in [5.74, 6) is 0. The fraction of sp³-hybridized carbons (Fsp3) is 1.00. The maximum Gasteiger partial charge on any atom is 0.401 e. The molecular formula is C9H18F3NO. The molecule has 1 N–H and O–H groups in total. The Balaban J connectivity index is 4.01. The third kappa shape index (κ3) is 6.21. The second-order valence-corrected chi connectivity index (χ2v) is 4.69. The first-order chi connectivity index (χ1) is 6.02. The van der Waals surface area contributed by atoms with E-state index >= 15 is 0 Å². The Kier molecular flexibility index (Phi) is 4.39. The SMILES string of the molecule is CN(CC(O)C(C)(C)C)CC(F)(F)F. The van der Waals surface area contributed by atoms with Crippen molar-refractivity contribution >= 4 is 0 Å². The third-order valence-corrected chi connectivity index (χ3v) is 1.93. The molecule has 14 heavy (non-hydrogen) atoms. The van der Waals surface area contributed by atoms with E-state index in [-0.39, 0.29) is 12.0 Å². The molecule has 0 bridgehead atoms. The molecule has 0 aliphatic carbocycles. The van der Waals surface area contributed by atoms with Crippen molar-refractivity contribution in [3.63, 3.8) is 0 Å². The maximum absolute atomic E-state index is 11.9. The van der Waals surface area contributed by atoms with Crippen molar-refractivity contribution in [2.24, 2.45) is 5.41 Å². The number of halogens is 3. The number of alkyl halides is 3. The van der Waals surface area contributed by atoms with Gasteiger partial charge in [0.15, 0.2) is 0 Å². The van der Waals surface area contributed by atoms with Crippen LogP contribution in [0.4, 0.5) is 13.2 Å². The predicted molar refractivity (Wildman–Crippen MR) is 49.0 cm³/mol. The van der Waals surface area contributed by atoms with Gasteiger partial charge in [0.1, 0.15) is 0 Å². The van der Waals surface area contributed by atoms with Crippen molar-refractivity contribution in [3.05, 3.63) is 0 Å². The standard InChI is InChI=1S/C9H18F3NO/c1-8(2,3)7(14)5-13(4)6-9(10,11)12/h7,14H,5-6H2,1-4H3. The van der Waals surface area contributed by atoms with Crippen molar-refractivity contribution < 1.29 is 18.3 Å². The summed E-state index contributed by atoms with van der Waals surface area (Å²) in [6.45, 7) is 4.42. The molecule has 0 aliphatic heterocycles. The van der Waals surface area contributed by atoms with Crippen molar-refractivity contribution in [1.29, 1.82) is 0 Å². The summed E-state index contributed by atoms with van der Waals surface area (Å²) in [6.07, 6.45) is -4.96. The second-order valence-electron chi connectivity index (χ2n) is 4.69. The van der Waals surface area contributed by atoms with Crippen LogP contribution >= 0.6 is 0 Å². The molecule has 0 amide bonds. The van der Waals surface area contributed by atoms with Crippen molar-refractivity contribution in [2.45, 2.75) is 33.1 Å². The summed E-state index contributed by atoms with van der Waals surface area (Å²) in [7, 11) is 1.35. The van der Waals surface area contributed by atoms with E-state index in [1.165, 1.54) is 7.05 Å². The Labute approximate surface area is 82.7 Å². The molecule has 0 aromatic rings. The van der Waals surface area contributed by atoms with Gasteiger partial charge in [-0.3, -0.25) is 4.90 Å². The van der Waals surface area contributed by atoms with Gasteiger partial charge in [0.05, 0.1) is 12.6 Å². The summed E-state index contributed by atoms with van der Waals surface area (Å²) in [4.78, 5) is 1.08. The summed E-state index contributed by atoms with van der Waals surface area (Å²) in [6, 6.07) is 0. The minimum atomic E-state index is -4.20. The zero-order valence-electron chi connectivity index (χ0n) is 9.02. The lowest BCUT2D eigenvalue weighted by Crippen LogP contribution is -2.41. The summed E-state index contributed by atoms with van der Waals surface area (Å²) < 4.78 is 35.8. The minimum Gasteiger partial charge on any atom is -0.391 e. The van der Waals surface area contributed by atoms with Gasteiger partial charge in [-0.15, -0.1) is 0 Å². The molecule has 1 atom stereocenters. The first-order valence-corrected chi connectivity index (χ1v) is 4.46. The van der Waals surface area contributed by atoms with Gasteiger partial charge in [0.2, 0.25) is 0 Å². The molecular weight excluding hydrogens is 195 g/mol. The fourth-order valence-electron chi connectivity index (χ4n) is 0.940. The van der Waals surface area contributed by atoms with E-state index in [0.29, 0.717) is 0 Å². The van der Waals surface area contributed by atoms with Crippen molar-refractivity contribution in [3.8, 4) is 0 Å². The molecule has 0 aromatic carbocycles. The number of aliphatic hydroxyl groups is 1. The van der Waals surface area contributed by atoms with Crippen LogP contribution in [0.25, 0.3) is 0 Å². The third-order valence-electron chi connectivity index (χ3n) is 1.93. The van der Waals surface area contributed by atoms with E-state index in [2.05, 4.69) is 0 Å². The van der Waals surface area contributed by atoms with Crippen molar-refractivity contribution in [1.82, 2.24) is 4.90 Å². The Hall–Kier alpha value is -0.290. The average molecular weight is 213 g/mol. The number of hydrogen-bond donors (Lipinski definition) is 1. The van der Waals surface area contributed by atoms with Crippen LogP contribution < -0.4 is 0 Å². The Bertz CT molecular complexity index is 174. The average Bonchev–Trinajstić information content (AvgIpc) is 1.79. The molecule has 0 saturated heterocycles. The van der Waals surface area contributed by atoms with Gasteiger partial charge in [0, 0.05) is 6.54 Å². The molecule has 0 radical (unpaired) electrons. The second kappa shape index (κ2) is 4.49. The Morgan fingerprint density at radius 1 is 1.21 bits per heavy atom. The molecule has 0 fully saturated rings. The van der Waals surface area contributed by atoms with E-state index in [0.717, 1.165) is 4.90 Å². The van der Waals surface area contributed by atoms with Gasteiger partial charge >= 0.3 is 6.18 Å². The maximum atomic E-state index is 11.9. The molecule has 0 spiro atoms. The largest absolute Gasteiger partial charge is 0.401 e. The molecule has 0 heterocycles. The van der Waals surface area contributed by atoms with E-state index in [1.54, 1.807) is 20.8 Å². The molecule has 0 aromatic heterocycles. The van der Waals surface area contributed by atoms with Gasteiger partial charge < -0.3 is 5.11 Å².